The zero-order valence-electron chi connectivity index (χ0n) is 15.5. The molecule has 2 aromatic rings. The summed E-state index contributed by atoms with van der Waals surface area (Å²) < 4.78 is 10.8. The number of esters is 1. The number of benzene rings is 2. The normalized spacial score (nSPS) is 23.7. The van der Waals surface area contributed by atoms with Crippen LogP contribution < -0.4 is 4.74 Å². The van der Waals surface area contributed by atoms with Gasteiger partial charge in [-0.15, -0.1) is 12.4 Å². The van der Waals surface area contributed by atoms with Gasteiger partial charge in [0.05, 0.1) is 19.3 Å². The first-order valence-corrected chi connectivity index (χ1v) is 9.34. The SMILES string of the molecule is COc1ccc(C(=O)OCC2C3CCC2N(Cc2ccccc2)C3)cc1.Cl. The Morgan fingerprint density at radius 1 is 1.07 bits per heavy atom. The summed E-state index contributed by atoms with van der Waals surface area (Å²) in [5, 5.41) is 0. The van der Waals surface area contributed by atoms with Crippen LogP contribution in [0.2, 0.25) is 0 Å². The van der Waals surface area contributed by atoms with Gasteiger partial charge in [-0.05, 0) is 48.6 Å². The topological polar surface area (TPSA) is 38.8 Å². The minimum Gasteiger partial charge on any atom is -0.497 e. The van der Waals surface area contributed by atoms with Crippen LogP contribution in [0.4, 0.5) is 0 Å². The van der Waals surface area contributed by atoms with Crippen molar-refractivity contribution in [3.8, 4) is 5.75 Å². The molecule has 1 saturated carbocycles. The van der Waals surface area contributed by atoms with Gasteiger partial charge in [-0.2, -0.15) is 0 Å². The van der Waals surface area contributed by atoms with Crippen molar-refractivity contribution in [3.05, 3.63) is 65.7 Å². The molecule has 0 amide bonds. The minimum absolute atomic E-state index is 0. The van der Waals surface area contributed by atoms with E-state index in [1.54, 1.807) is 31.4 Å². The van der Waals surface area contributed by atoms with Gasteiger partial charge in [0.25, 0.3) is 0 Å². The number of hydrogen-bond acceptors (Lipinski definition) is 4. The van der Waals surface area contributed by atoms with Gasteiger partial charge < -0.3 is 9.47 Å². The van der Waals surface area contributed by atoms with E-state index in [2.05, 4.69) is 35.2 Å². The lowest BCUT2D eigenvalue weighted by atomic mass is 9.99. The van der Waals surface area contributed by atoms with Gasteiger partial charge in [0.1, 0.15) is 5.75 Å². The van der Waals surface area contributed by atoms with E-state index >= 15 is 0 Å². The Morgan fingerprint density at radius 3 is 2.52 bits per heavy atom. The van der Waals surface area contributed by atoms with Crippen LogP contribution in [0.15, 0.2) is 54.6 Å². The second-order valence-corrected chi connectivity index (χ2v) is 7.31. The fourth-order valence-electron chi connectivity index (χ4n) is 4.47. The Balaban J connectivity index is 0.00000210. The highest BCUT2D eigenvalue weighted by atomic mass is 35.5. The lowest BCUT2D eigenvalue weighted by Gasteiger charge is -2.27. The van der Waals surface area contributed by atoms with Crippen LogP contribution in [0, 0.1) is 11.8 Å². The van der Waals surface area contributed by atoms with Gasteiger partial charge in [0, 0.05) is 25.0 Å². The molecule has 3 atom stereocenters. The Labute approximate surface area is 166 Å². The zero-order chi connectivity index (χ0) is 17.9. The number of carbonyl (C=O) groups excluding carboxylic acids is 1. The lowest BCUT2D eigenvalue weighted by Crippen LogP contribution is -2.33. The molecule has 2 aliphatic rings. The second kappa shape index (κ2) is 8.77. The van der Waals surface area contributed by atoms with Crippen molar-refractivity contribution < 1.29 is 14.3 Å². The summed E-state index contributed by atoms with van der Waals surface area (Å²) in [4.78, 5) is 14.9. The fraction of sp³-hybridized carbons (Fsp3) is 0.409. The Kier molecular flexibility index (Phi) is 6.40. The maximum atomic E-state index is 12.3. The highest BCUT2D eigenvalue weighted by molar-refractivity contribution is 5.89. The number of halogens is 1. The predicted molar refractivity (Wildman–Crippen MR) is 107 cm³/mol. The van der Waals surface area contributed by atoms with Gasteiger partial charge >= 0.3 is 5.97 Å². The van der Waals surface area contributed by atoms with Crippen molar-refractivity contribution in [2.45, 2.75) is 25.4 Å². The number of nitrogens with zero attached hydrogens (tertiary/aromatic N) is 1. The molecule has 0 N–H and O–H groups in total. The summed E-state index contributed by atoms with van der Waals surface area (Å²) in [5.74, 6) is 1.61. The van der Waals surface area contributed by atoms with E-state index in [1.165, 1.54) is 18.4 Å². The van der Waals surface area contributed by atoms with Crippen LogP contribution in [-0.2, 0) is 11.3 Å². The smallest absolute Gasteiger partial charge is 0.338 e. The van der Waals surface area contributed by atoms with Crippen LogP contribution in [0.3, 0.4) is 0 Å². The maximum Gasteiger partial charge on any atom is 0.338 e. The van der Waals surface area contributed by atoms with Gasteiger partial charge in [-0.3, -0.25) is 4.90 Å². The maximum absolute atomic E-state index is 12.3. The standard InChI is InChI=1S/C22H25NO3.ClH/c1-25-19-10-7-17(8-11-19)22(24)26-15-20-18-9-12-21(20)23(14-18)13-16-5-3-2-4-6-16;/h2-8,10-11,18,20-21H,9,12-15H2,1H3;1H. The van der Waals surface area contributed by atoms with E-state index in [-0.39, 0.29) is 18.4 Å². The highest BCUT2D eigenvalue weighted by Crippen LogP contribution is 2.43. The van der Waals surface area contributed by atoms with E-state index in [0.29, 0.717) is 30.0 Å². The van der Waals surface area contributed by atoms with Gasteiger partial charge in [0.2, 0.25) is 0 Å². The number of fused-ring (bicyclic) bond motifs is 2. The predicted octanol–water partition coefficient (Wildman–Crippen LogP) is 4.18. The molecule has 2 aromatic carbocycles. The zero-order valence-corrected chi connectivity index (χ0v) is 16.4. The Bertz CT molecular complexity index is 750. The first-order valence-electron chi connectivity index (χ1n) is 9.34. The van der Waals surface area contributed by atoms with E-state index in [9.17, 15) is 4.79 Å². The third kappa shape index (κ3) is 4.28. The fourth-order valence-corrected chi connectivity index (χ4v) is 4.47. The van der Waals surface area contributed by atoms with E-state index in [1.807, 2.05) is 0 Å². The van der Waals surface area contributed by atoms with Crippen LogP contribution in [0.1, 0.15) is 28.8 Å². The molecule has 2 bridgehead atoms. The number of rotatable bonds is 6. The first-order chi connectivity index (χ1) is 12.7. The molecule has 27 heavy (non-hydrogen) atoms. The molecule has 4 nitrogen and oxygen atoms in total. The highest BCUT2D eigenvalue weighted by Gasteiger charge is 2.46. The molecule has 144 valence electrons. The molecule has 1 heterocycles. The number of hydrogen-bond donors (Lipinski definition) is 0. The lowest BCUT2D eigenvalue weighted by molar-refractivity contribution is 0.0408. The summed E-state index contributed by atoms with van der Waals surface area (Å²) in [6.45, 7) is 2.63. The molecule has 1 saturated heterocycles. The molecule has 1 aliphatic heterocycles. The summed E-state index contributed by atoms with van der Waals surface area (Å²) in [6.07, 6.45) is 2.46. The average Bonchev–Trinajstić information content (AvgIpc) is 3.23. The molecule has 5 heteroatoms. The molecule has 2 fully saturated rings. The largest absolute Gasteiger partial charge is 0.497 e. The molecule has 0 radical (unpaired) electrons. The third-order valence-corrected chi connectivity index (χ3v) is 5.83. The van der Waals surface area contributed by atoms with Gasteiger partial charge in [-0.1, -0.05) is 30.3 Å². The number of ether oxygens (including phenoxy) is 2. The number of methoxy groups -OCH3 is 1. The molecule has 3 unspecified atom stereocenters. The Morgan fingerprint density at radius 2 is 1.81 bits per heavy atom. The number of carbonyl (C=O) groups is 1. The second-order valence-electron chi connectivity index (χ2n) is 7.31. The molecule has 1 aliphatic carbocycles. The van der Waals surface area contributed by atoms with Gasteiger partial charge in [0.15, 0.2) is 0 Å². The number of piperidine rings is 1. The molecule has 0 aromatic heterocycles. The van der Waals surface area contributed by atoms with E-state index in [0.717, 1.165) is 18.8 Å². The minimum atomic E-state index is -0.242. The van der Waals surface area contributed by atoms with Crippen molar-refractivity contribution in [1.29, 1.82) is 0 Å². The van der Waals surface area contributed by atoms with Crippen LogP contribution in [0.25, 0.3) is 0 Å². The molecular weight excluding hydrogens is 362 g/mol. The van der Waals surface area contributed by atoms with Crippen molar-refractivity contribution in [3.63, 3.8) is 0 Å². The van der Waals surface area contributed by atoms with E-state index in [4.69, 9.17) is 9.47 Å². The average molecular weight is 388 g/mol. The van der Waals surface area contributed by atoms with Crippen LogP contribution in [0.5, 0.6) is 5.75 Å². The quantitative estimate of drug-likeness (QED) is 0.697. The molecule has 0 spiro atoms. The Hall–Kier alpha value is -2.04. The summed E-state index contributed by atoms with van der Waals surface area (Å²) in [5.41, 5.74) is 1.94. The van der Waals surface area contributed by atoms with Crippen molar-refractivity contribution in [2.24, 2.45) is 11.8 Å². The van der Waals surface area contributed by atoms with Gasteiger partial charge in [-0.25, -0.2) is 4.79 Å². The van der Waals surface area contributed by atoms with Crippen molar-refractivity contribution in [2.75, 3.05) is 20.3 Å². The summed E-state index contributed by atoms with van der Waals surface area (Å²) >= 11 is 0. The summed E-state index contributed by atoms with van der Waals surface area (Å²) in [6, 6.07) is 18.2. The monoisotopic (exact) mass is 387 g/mol. The first kappa shape index (κ1) is 19.7. The number of likely N-dealkylation sites (tertiary alicyclic amines) is 1. The van der Waals surface area contributed by atoms with Crippen LogP contribution >= 0.6 is 12.4 Å². The summed E-state index contributed by atoms with van der Waals surface area (Å²) in [7, 11) is 1.62. The molecule has 4 rings (SSSR count). The van der Waals surface area contributed by atoms with Crippen molar-refractivity contribution >= 4 is 18.4 Å². The van der Waals surface area contributed by atoms with Crippen molar-refractivity contribution in [1.82, 2.24) is 4.90 Å². The van der Waals surface area contributed by atoms with Crippen LogP contribution in [-0.4, -0.2) is 37.2 Å². The molecular formula is C22H26ClNO3. The third-order valence-electron chi connectivity index (χ3n) is 5.83. The van der Waals surface area contributed by atoms with E-state index < -0.39 is 0 Å².